The third-order valence-electron chi connectivity index (χ3n) is 6.36. The molecule has 9 nitrogen and oxygen atoms in total. The fourth-order valence-corrected chi connectivity index (χ4v) is 7.22. The first-order chi connectivity index (χ1) is 16.2. The van der Waals surface area contributed by atoms with Gasteiger partial charge in [-0.2, -0.15) is 8.61 Å². The molecule has 0 bridgehead atoms. The molecule has 2 fully saturated rings. The van der Waals surface area contributed by atoms with E-state index in [9.17, 15) is 21.6 Å². The smallest absolute Gasteiger partial charge is 0.243 e. The van der Waals surface area contributed by atoms with E-state index in [1.807, 2.05) is 7.05 Å². The average Bonchev–Trinajstić information content (AvgIpc) is 2.85. The van der Waals surface area contributed by atoms with Crippen LogP contribution in [0.5, 0.6) is 0 Å². The first-order valence-electron chi connectivity index (χ1n) is 11.3. The maximum absolute atomic E-state index is 12.9. The zero-order valence-corrected chi connectivity index (χ0v) is 20.8. The van der Waals surface area contributed by atoms with Crippen LogP contribution < -0.4 is 5.32 Å². The molecular formula is C23H30N4O5S2. The van der Waals surface area contributed by atoms with Gasteiger partial charge in [0.05, 0.1) is 15.7 Å². The summed E-state index contributed by atoms with van der Waals surface area (Å²) in [4.78, 5) is 15.4. The van der Waals surface area contributed by atoms with Crippen molar-refractivity contribution in [3.8, 4) is 0 Å². The molecule has 0 spiro atoms. The van der Waals surface area contributed by atoms with E-state index < -0.39 is 26.0 Å². The molecule has 11 heteroatoms. The maximum atomic E-state index is 12.9. The number of hydrogen-bond donors (Lipinski definition) is 1. The van der Waals surface area contributed by atoms with Crippen LogP contribution in [0.25, 0.3) is 0 Å². The number of likely N-dealkylation sites (N-methyl/N-ethyl adjacent to an activating group) is 1. The van der Waals surface area contributed by atoms with Crippen molar-refractivity contribution in [2.24, 2.45) is 5.92 Å². The topological polar surface area (TPSA) is 107 Å². The molecule has 0 saturated carbocycles. The van der Waals surface area contributed by atoms with Gasteiger partial charge >= 0.3 is 0 Å². The minimum Gasteiger partial charge on any atom is -0.326 e. The number of piperidine rings is 1. The molecule has 2 saturated heterocycles. The van der Waals surface area contributed by atoms with E-state index in [0.29, 0.717) is 51.3 Å². The van der Waals surface area contributed by atoms with Crippen molar-refractivity contribution in [2.45, 2.75) is 22.6 Å². The minimum atomic E-state index is -3.66. The second-order valence-electron chi connectivity index (χ2n) is 8.74. The summed E-state index contributed by atoms with van der Waals surface area (Å²) in [6.45, 7) is 2.75. The van der Waals surface area contributed by atoms with Crippen molar-refractivity contribution in [3.05, 3.63) is 54.6 Å². The molecule has 1 atom stereocenters. The summed E-state index contributed by atoms with van der Waals surface area (Å²) in [7, 11) is -5.28. The second kappa shape index (κ2) is 10.1. The van der Waals surface area contributed by atoms with Crippen LogP contribution in [-0.4, -0.2) is 82.6 Å². The fourth-order valence-electron chi connectivity index (χ4n) is 4.25. The monoisotopic (exact) mass is 506 g/mol. The van der Waals surface area contributed by atoms with Crippen LogP contribution >= 0.6 is 0 Å². The lowest BCUT2D eigenvalue weighted by Crippen LogP contribution is -2.47. The summed E-state index contributed by atoms with van der Waals surface area (Å²) >= 11 is 0. The van der Waals surface area contributed by atoms with Gasteiger partial charge in [-0.1, -0.05) is 18.2 Å². The molecule has 0 radical (unpaired) electrons. The van der Waals surface area contributed by atoms with E-state index in [4.69, 9.17) is 0 Å². The Labute approximate surface area is 201 Å². The molecule has 2 aliphatic rings. The molecule has 2 aromatic rings. The molecular weight excluding hydrogens is 476 g/mol. The van der Waals surface area contributed by atoms with Crippen LogP contribution in [0.1, 0.15) is 12.8 Å². The Hall–Kier alpha value is -2.31. The van der Waals surface area contributed by atoms with Gasteiger partial charge in [0.25, 0.3) is 0 Å². The number of sulfonamides is 2. The Morgan fingerprint density at radius 1 is 0.794 bits per heavy atom. The second-order valence-corrected chi connectivity index (χ2v) is 12.6. The molecule has 0 aromatic heterocycles. The van der Waals surface area contributed by atoms with Gasteiger partial charge in [-0.05, 0) is 56.3 Å². The molecule has 0 aliphatic carbocycles. The number of carbonyl (C=O) groups excluding carboxylic acids is 1. The number of benzene rings is 2. The molecule has 2 heterocycles. The van der Waals surface area contributed by atoms with Gasteiger partial charge < -0.3 is 10.2 Å². The van der Waals surface area contributed by atoms with Crippen LogP contribution in [0.2, 0.25) is 0 Å². The normalized spacial score (nSPS) is 21.3. The predicted molar refractivity (Wildman–Crippen MR) is 129 cm³/mol. The summed E-state index contributed by atoms with van der Waals surface area (Å²) in [5.74, 6) is -0.761. The highest BCUT2D eigenvalue weighted by Gasteiger charge is 2.33. The highest BCUT2D eigenvalue weighted by molar-refractivity contribution is 7.89. The van der Waals surface area contributed by atoms with Crippen LogP contribution in [0.15, 0.2) is 64.4 Å². The highest BCUT2D eigenvalue weighted by Crippen LogP contribution is 2.25. The van der Waals surface area contributed by atoms with E-state index in [1.54, 1.807) is 42.5 Å². The molecule has 34 heavy (non-hydrogen) atoms. The third-order valence-corrected chi connectivity index (χ3v) is 10.2. The summed E-state index contributed by atoms with van der Waals surface area (Å²) in [5.41, 5.74) is 0.477. The number of nitrogens with one attached hydrogen (secondary N) is 1. The summed E-state index contributed by atoms with van der Waals surface area (Å²) in [5, 5.41) is 2.81. The van der Waals surface area contributed by atoms with Gasteiger partial charge in [-0.25, -0.2) is 16.8 Å². The van der Waals surface area contributed by atoms with E-state index in [-0.39, 0.29) is 22.2 Å². The maximum Gasteiger partial charge on any atom is 0.243 e. The van der Waals surface area contributed by atoms with Crippen molar-refractivity contribution in [2.75, 3.05) is 51.6 Å². The van der Waals surface area contributed by atoms with E-state index in [2.05, 4.69) is 10.2 Å². The van der Waals surface area contributed by atoms with E-state index in [0.717, 1.165) is 0 Å². The van der Waals surface area contributed by atoms with Crippen LogP contribution in [0.3, 0.4) is 0 Å². The van der Waals surface area contributed by atoms with Gasteiger partial charge in [-0.15, -0.1) is 0 Å². The number of amides is 1. The molecule has 2 aliphatic heterocycles. The molecule has 1 N–H and O–H groups in total. The van der Waals surface area contributed by atoms with Crippen LogP contribution in [0, 0.1) is 5.92 Å². The highest BCUT2D eigenvalue weighted by atomic mass is 32.2. The Kier molecular flexibility index (Phi) is 7.39. The third kappa shape index (κ3) is 5.33. The lowest BCUT2D eigenvalue weighted by Gasteiger charge is -2.31. The average molecular weight is 507 g/mol. The molecule has 4 rings (SSSR count). The zero-order valence-electron chi connectivity index (χ0n) is 19.1. The van der Waals surface area contributed by atoms with Crippen molar-refractivity contribution < 1.29 is 21.6 Å². The largest absolute Gasteiger partial charge is 0.326 e. The lowest BCUT2D eigenvalue weighted by molar-refractivity contribution is -0.120. The number of piperazine rings is 1. The van der Waals surface area contributed by atoms with Crippen molar-refractivity contribution in [1.29, 1.82) is 0 Å². The van der Waals surface area contributed by atoms with Gasteiger partial charge in [-0.3, -0.25) is 4.79 Å². The standard InChI is InChI=1S/C23H30N4O5S2/c1-25-14-16-26(17-15-25)33(29,30)22-11-9-20(10-12-22)24-23(28)19-6-5-13-27(18-19)34(31,32)21-7-3-2-4-8-21/h2-4,7-12,19H,5-6,13-18H2,1H3,(H,24,28)/t19-/m0/s1. The zero-order chi connectivity index (χ0) is 24.3. The molecule has 0 unspecified atom stereocenters. The Morgan fingerprint density at radius 2 is 1.38 bits per heavy atom. The van der Waals surface area contributed by atoms with Crippen LogP contribution in [-0.2, 0) is 24.8 Å². The quantitative estimate of drug-likeness (QED) is 0.639. The van der Waals surface area contributed by atoms with Gasteiger partial charge in [0, 0.05) is 45.0 Å². The number of carbonyl (C=O) groups is 1. The van der Waals surface area contributed by atoms with Crippen molar-refractivity contribution >= 4 is 31.6 Å². The van der Waals surface area contributed by atoms with E-state index >= 15 is 0 Å². The first-order valence-corrected chi connectivity index (χ1v) is 14.2. The number of nitrogens with zero attached hydrogens (tertiary/aromatic N) is 3. The Balaban J connectivity index is 1.40. The van der Waals surface area contributed by atoms with E-state index in [1.165, 1.54) is 20.7 Å². The molecule has 2 aromatic carbocycles. The number of rotatable bonds is 6. The Morgan fingerprint density at radius 3 is 2.03 bits per heavy atom. The van der Waals surface area contributed by atoms with Crippen LogP contribution in [0.4, 0.5) is 5.69 Å². The summed E-state index contributed by atoms with van der Waals surface area (Å²) < 4.78 is 54.4. The molecule has 1 amide bonds. The summed E-state index contributed by atoms with van der Waals surface area (Å²) in [6.07, 6.45) is 1.18. The lowest BCUT2D eigenvalue weighted by atomic mass is 9.99. The van der Waals surface area contributed by atoms with Gasteiger partial charge in [0.15, 0.2) is 0 Å². The van der Waals surface area contributed by atoms with Gasteiger partial charge in [0.2, 0.25) is 26.0 Å². The minimum absolute atomic E-state index is 0.110. The van der Waals surface area contributed by atoms with Crippen molar-refractivity contribution in [3.63, 3.8) is 0 Å². The summed E-state index contributed by atoms with van der Waals surface area (Å²) in [6, 6.07) is 14.3. The Bertz CT molecular complexity index is 1210. The van der Waals surface area contributed by atoms with Gasteiger partial charge in [0.1, 0.15) is 0 Å². The number of hydrogen-bond acceptors (Lipinski definition) is 6. The first kappa shape index (κ1) is 24.8. The predicted octanol–water partition coefficient (Wildman–Crippen LogP) is 1.66. The number of anilines is 1. The van der Waals surface area contributed by atoms with Crippen molar-refractivity contribution in [1.82, 2.24) is 13.5 Å². The fraction of sp³-hybridized carbons (Fsp3) is 0.435. The molecule has 184 valence electrons. The SMILES string of the molecule is CN1CCN(S(=O)(=O)c2ccc(NC(=O)[C@H]3CCCN(S(=O)(=O)c4ccccc4)C3)cc2)CC1.